The highest BCUT2D eigenvalue weighted by atomic mass is 31.1. The molecule has 0 radical (unpaired) electrons. The number of alkyl carbamates (subject to hydrolysis) is 1. The van der Waals surface area contributed by atoms with Crippen LogP contribution in [0.25, 0.3) is 0 Å². The van der Waals surface area contributed by atoms with Gasteiger partial charge in [-0.2, -0.15) is 0 Å². The Balaban J connectivity index is 1.92. The van der Waals surface area contributed by atoms with Crippen molar-refractivity contribution in [3.05, 3.63) is 96.6 Å². The van der Waals surface area contributed by atoms with Crippen molar-refractivity contribution >= 4 is 24.6 Å². The monoisotopic (exact) mass is 405 g/mol. The molecule has 1 amide bonds. The Kier molecular flexibility index (Phi) is 7.06. The van der Waals surface area contributed by atoms with E-state index in [-0.39, 0.29) is 12.1 Å². The SMILES string of the molecule is CC(C)(C)OC(=O)NC(CP(c1ccccc1)c1ccccc1)c1ccccc1. The molecule has 0 heterocycles. The van der Waals surface area contributed by atoms with Gasteiger partial charge in [-0.15, -0.1) is 0 Å². The minimum absolute atomic E-state index is 0.141. The van der Waals surface area contributed by atoms with Crippen LogP contribution in [0.2, 0.25) is 0 Å². The van der Waals surface area contributed by atoms with Gasteiger partial charge in [0.05, 0.1) is 6.04 Å². The summed E-state index contributed by atoms with van der Waals surface area (Å²) in [5, 5.41) is 5.70. The molecular weight excluding hydrogens is 377 g/mol. The third-order valence-electron chi connectivity index (χ3n) is 4.39. The zero-order valence-electron chi connectivity index (χ0n) is 17.2. The fraction of sp³-hybridized carbons (Fsp3) is 0.240. The van der Waals surface area contributed by atoms with Crippen LogP contribution >= 0.6 is 7.92 Å². The quantitative estimate of drug-likeness (QED) is 0.559. The molecule has 0 bridgehead atoms. The minimum Gasteiger partial charge on any atom is -0.444 e. The van der Waals surface area contributed by atoms with Gasteiger partial charge in [-0.1, -0.05) is 91.0 Å². The molecule has 0 aromatic heterocycles. The molecule has 29 heavy (non-hydrogen) atoms. The van der Waals surface area contributed by atoms with Crippen LogP contribution in [-0.2, 0) is 4.74 Å². The molecule has 3 aromatic rings. The highest BCUT2D eigenvalue weighted by Gasteiger charge is 2.25. The van der Waals surface area contributed by atoms with Gasteiger partial charge in [0.25, 0.3) is 0 Å². The van der Waals surface area contributed by atoms with Crippen molar-refractivity contribution in [3.63, 3.8) is 0 Å². The van der Waals surface area contributed by atoms with Crippen molar-refractivity contribution in [2.24, 2.45) is 0 Å². The average Bonchev–Trinajstić information content (AvgIpc) is 2.71. The van der Waals surface area contributed by atoms with E-state index in [0.717, 1.165) is 11.7 Å². The van der Waals surface area contributed by atoms with Crippen LogP contribution in [0.5, 0.6) is 0 Å². The third-order valence-corrected chi connectivity index (χ3v) is 6.97. The topological polar surface area (TPSA) is 38.3 Å². The lowest BCUT2D eigenvalue weighted by Crippen LogP contribution is -2.37. The van der Waals surface area contributed by atoms with Crippen molar-refractivity contribution in [2.45, 2.75) is 32.4 Å². The van der Waals surface area contributed by atoms with Crippen LogP contribution in [0.15, 0.2) is 91.0 Å². The fourth-order valence-electron chi connectivity index (χ4n) is 3.13. The predicted molar refractivity (Wildman–Crippen MR) is 122 cm³/mol. The molecule has 0 saturated heterocycles. The molecule has 4 heteroatoms. The van der Waals surface area contributed by atoms with E-state index in [0.29, 0.717) is 0 Å². The summed E-state index contributed by atoms with van der Waals surface area (Å²) in [4.78, 5) is 12.6. The molecule has 3 rings (SSSR count). The van der Waals surface area contributed by atoms with Crippen molar-refractivity contribution < 1.29 is 9.53 Å². The molecule has 1 unspecified atom stereocenters. The molecule has 0 aliphatic heterocycles. The highest BCUT2D eigenvalue weighted by Crippen LogP contribution is 2.38. The lowest BCUT2D eigenvalue weighted by atomic mass is 10.1. The number of carbonyl (C=O) groups excluding carboxylic acids is 1. The van der Waals surface area contributed by atoms with Gasteiger partial charge in [-0.25, -0.2) is 4.79 Å². The first-order chi connectivity index (χ1) is 13.9. The zero-order valence-corrected chi connectivity index (χ0v) is 18.1. The largest absolute Gasteiger partial charge is 0.444 e. The summed E-state index contributed by atoms with van der Waals surface area (Å²) in [6, 6.07) is 31.1. The fourth-order valence-corrected chi connectivity index (χ4v) is 5.58. The first-order valence-corrected chi connectivity index (χ1v) is 11.4. The molecule has 0 saturated carbocycles. The number of hydrogen-bond donors (Lipinski definition) is 1. The molecule has 150 valence electrons. The molecular formula is C25H28NO2P. The average molecular weight is 405 g/mol. The maximum atomic E-state index is 12.6. The van der Waals surface area contributed by atoms with Crippen molar-refractivity contribution in [1.29, 1.82) is 0 Å². The van der Waals surface area contributed by atoms with Gasteiger partial charge in [0.15, 0.2) is 0 Å². The van der Waals surface area contributed by atoms with E-state index in [4.69, 9.17) is 4.74 Å². The number of benzene rings is 3. The Hall–Kier alpha value is -2.64. The van der Waals surface area contributed by atoms with Gasteiger partial charge < -0.3 is 10.1 Å². The summed E-state index contributed by atoms with van der Waals surface area (Å²) in [6.45, 7) is 5.64. The number of nitrogens with one attached hydrogen (secondary N) is 1. The number of ether oxygens (including phenoxy) is 1. The van der Waals surface area contributed by atoms with Crippen molar-refractivity contribution in [3.8, 4) is 0 Å². The molecule has 0 spiro atoms. The van der Waals surface area contributed by atoms with Gasteiger partial charge in [-0.05, 0) is 44.9 Å². The standard InChI is InChI=1S/C25H28NO2P/c1-25(2,3)28-24(27)26-23(20-13-7-4-8-14-20)19-29(21-15-9-5-10-16-21)22-17-11-6-12-18-22/h4-18,23H,19H2,1-3H3,(H,26,27). The second-order valence-corrected chi connectivity index (χ2v) is 10.1. The molecule has 0 fully saturated rings. The minimum atomic E-state index is -0.648. The van der Waals surface area contributed by atoms with E-state index in [2.05, 4.69) is 66.0 Å². The van der Waals surface area contributed by atoms with Gasteiger partial charge in [-0.3, -0.25) is 0 Å². The van der Waals surface area contributed by atoms with Crippen LogP contribution in [0.3, 0.4) is 0 Å². The number of hydrogen-bond acceptors (Lipinski definition) is 2. The summed E-state index contributed by atoms with van der Waals surface area (Å²) in [7, 11) is -0.648. The van der Waals surface area contributed by atoms with E-state index in [9.17, 15) is 4.79 Å². The third kappa shape index (κ3) is 6.44. The van der Waals surface area contributed by atoms with E-state index in [1.54, 1.807) is 0 Å². The maximum absolute atomic E-state index is 12.6. The van der Waals surface area contributed by atoms with Crippen molar-refractivity contribution in [1.82, 2.24) is 5.32 Å². The van der Waals surface area contributed by atoms with Crippen LogP contribution < -0.4 is 15.9 Å². The molecule has 0 aliphatic carbocycles. The van der Waals surface area contributed by atoms with Crippen molar-refractivity contribution in [2.75, 3.05) is 6.16 Å². The van der Waals surface area contributed by atoms with Crippen LogP contribution in [-0.4, -0.2) is 17.9 Å². The smallest absolute Gasteiger partial charge is 0.408 e. The summed E-state index contributed by atoms with van der Waals surface area (Å²) in [5.41, 5.74) is 0.548. The molecule has 1 N–H and O–H groups in total. The Labute approximate surface area is 174 Å². The number of carbonyl (C=O) groups is 1. The van der Waals surface area contributed by atoms with Crippen LogP contribution in [0.1, 0.15) is 32.4 Å². The number of amides is 1. The van der Waals surface area contributed by atoms with E-state index in [1.165, 1.54) is 10.6 Å². The Morgan fingerprint density at radius 3 is 1.72 bits per heavy atom. The Bertz CT molecular complexity index is 853. The predicted octanol–water partition coefficient (Wildman–Crippen LogP) is 5.39. The Morgan fingerprint density at radius 2 is 1.28 bits per heavy atom. The number of rotatable bonds is 6. The lowest BCUT2D eigenvalue weighted by molar-refractivity contribution is 0.0509. The van der Waals surface area contributed by atoms with Crippen LogP contribution in [0, 0.1) is 0 Å². The van der Waals surface area contributed by atoms with Gasteiger partial charge in [0.1, 0.15) is 5.60 Å². The Morgan fingerprint density at radius 1 is 0.828 bits per heavy atom. The first kappa shape index (κ1) is 21.1. The molecule has 0 aliphatic rings. The molecule has 3 aromatic carbocycles. The van der Waals surface area contributed by atoms with Gasteiger partial charge >= 0.3 is 6.09 Å². The van der Waals surface area contributed by atoms with E-state index < -0.39 is 13.5 Å². The first-order valence-electron chi connectivity index (χ1n) is 9.84. The van der Waals surface area contributed by atoms with E-state index >= 15 is 0 Å². The normalized spacial score (nSPS) is 12.4. The van der Waals surface area contributed by atoms with Crippen LogP contribution in [0.4, 0.5) is 4.79 Å². The summed E-state index contributed by atoms with van der Waals surface area (Å²) < 4.78 is 5.54. The maximum Gasteiger partial charge on any atom is 0.408 e. The molecule has 1 atom stereocenters. The highest BCUT2D eigenvalue weighted by molar-refractivity contribution is 7.73. The molecule has 3 nitrogen and oxygen atoms in total. The second-order valence-electron chi connectivity index (χ2n) is 7.89. The summed E-state index contributed by atoms with van der Waals surface area (Å²) >= 11 is 0. The van der Waals surface area contributed by atoms with Gasteiger partial charge in [0.2, 0.25) is 0 Å². The second kappa shape index (κ2) is 9.71. The lowest BCUT2D eigenvalue weighted by Gasteiger charge is -2.28. The van der Waals surface area contributed by atoms with Gasteiger partial charge in [0, 0.05) is 6.16 Å². The zero-order chi connectivity index (χ0) is 20.7. The summed E-state index contributed by atoms with van der Waals surface area (Å²) in [5.74, 6) is 0. The van der Waals surface area contributed by atoms with E-state index in [1.807, 2.05) is 51.1 Å². The summed E-state index contributed by atoms with van der Waals surface area (Å²) in [6.07, 6.45) is 0.412.